The van der Waals surface area contributed by atoms with Crippen LogP contribution in [0.1, 0.15) is 23.6 Å². The Hall–Kier alpha value is -2.22. The van der Waals surface area contributed by atoms with Crippen molar-refractivity contribution < 1.29 is 0 Å². The van der Waals surface area contributed by atoms with Crippen LogP contribution in [0.15, 0.2) is 48.3 Å². The number of hydrogen-bond acceptors (Lipinski definition) is 2. The molecular weight excluding hydrogens is 256 g/mol. The molecule has 5 rings (SSSR count). The lowest BCUT2D eigenvalue weighted by atomic mass is 10.0. The minimum absolute atomic E-state index is 0.484. The van der Waals surface area contributed by atoms with Crippen molar-refractivity contribution in [3.8, 4) is 11.1 Å². The molecule has 21 heavy (non-hydrogen) atoms. The fourth-order valence-corrected chi connectivity index (χ4v) is 4.09. The van der Waals surface area contributed by atoms with E-state index >= 15 is 0 Å². The molecule has 0 radical (unpaired) electrons. The molecule has 2 aromatic rings. The van der Waals surface area contributed by atoms with Crippen molar-refractivity contribution in [3.05, 3.63) is 65.0 Å². The summed E-state index contributed by atoms with van der Waals surface area (Å²) >= 11 is 0. The summed E-state index contributed by atoms with van der Waals surface area (Å²) in [6.45, 7) is 2.20. The average Bonchev–Trinajstić information content (AvgIpc) is 3.10. The number of fused-ring (bicyclic) bond motifs is 6. The Bertz CT molecular complexity index is 803. The molecule has 1 aliphatic carbocycles. The normalized spacial score (nSPS) is 21.0. The highest BCUT2D eigenvalue weighted by Crippen LogP contribution is 2.45. The summed E-state index contributed by atoms with van der Waals surface area (Å²) in [6.07, 6.45) is 5.00. The molecule has 0 amide bonds. The molecule has 0 spiro atoms. The average molecular weight is 274 g/mol. The van der Waals surface area contributed by atoms with Gasteiger partial charge in [-0.25, -0.2) is 0 Å². The van der Waals surface area contributed by atoms with Crippen molar-refractivity contribution in [2.24, 2.45) is 0 Å². The van der Waals surface area contributed by atoms with Gasteiger partial charge in [-0.2, -0.15) is 0 Å². The minimum Gasteiger partial charge on any atom is -0.356 e. The molecule has 2 heterocycles. The van der Waals surface area contributed by atoms with E-state index in [1.807, 2.05) is 0 Å². The smallest absolute Gasteiger partial charge is 0.109 e. The topological polar surface area (TPSA) is 6.48 Å². The Kier molecular flexibility index (Phi) is 2.02. The first-order valence-electron chi connectivity index (χ1n) is 7.66. The highest BCUT2D eigenvalue weighted by molar-refractivity contribution is 5.82. The molecule has 2 aliphatic heterocycles. The summed E-state index contributed by atoms with van der Waals surface area (Å²) in [4.78, 5) is 4.84. The fraction of sp³-hybridized carbons (Fsp3) is 0.263. The molecule has 0 N–H and O–H groups in total. The molecule has 0 aromatic heterocycles. The summed E-state index contributed by atoms with van der Waals surface area (Å²) < 4.78 is 0. The molecule has 0 saturated carbocycles. The van der Waals surface area contributed by atoms with Crippen molar-refractivity contribution >= 4 is 5.69 Å². The molecule has 3 aliphatic rings. The maximum atomic E-state index is 2.45. The van der Waals surface area contributed by atoms with Crippen LogP contribution in [0.2, 0.25) is 0 Å². The van der Waals surface area contributed by atoms with Crippen molar-refractivity contribution in [3.63, 3.8) is 0 Å². The Labute approximate surface area is 125 Å². The van der Waals surface area contributed by atoms with E-state index in [4.69, 9.17) is 0 Å². The monoisotopic (exact) mass is 274 g/mol. The van der Waals surface area contributed by atoms with Crippen LogP contribution in [0, 0.1) is 0 Å². The Morgan fingerprint density at radius 3 is 2.76 bits per heavy atom. The second kappa shape index (κ2) is 3.70. The van der Waals surface area contributed by atoms with Crippen molar-refractivity contribution in [2.45, 2.75) is 25.9 Å². The van der Waals surface area contributed by atoms with Crippen LogP contribution in [-0.2, 0) is 12.8 Å². The molecule has 104 valence electrons. The quantitative estimate of drug-likeness (QED) is 0.616. The van der Waals surface area contributed by atoms with Crippen LogP contribution >= 0.6 is 0 Å². The number of nitrogens with zero attached hydrogens (tertiary/aromatic N) is 2. The van der Waals surface area contributed by atoms with Crippen LogP contribution < -0.4 is 4.90 Å². The van der Waals surface area contributed by atoms with Crippen LogP contribution in [0.3, 0.4) is 0 Å². The van der Waals surface area contributed by atoms with Crippen molar-refractivity contribution in [1.29, 1.82) is 0 Å². The van der Waals surface area contributed by atoms with E-state index in [9.17, 15) is 0 Å². The molecule has 1 atom stereocenters. The van der Waals surface area contributed by atoms with E-state index in [2.05, 4.69) is 66.4 Å². The zero-order valence-corrected chi connectivity index (χ0v) is 12.4. The second-order valence-corrected chi connectivity index (χ2v) is 6.45. The van der Waals surface area contributed by atoms with Gasteiger partial charge in [-0.15, -0.1) is 0 Å². The number of hydrogen-bond donors (Lipinski definition) is 0. The maximum absolute atomic E-state index is 2.45. The Morgan fingerprint density at radius 1 is 1.00 bits per heavy atom. The molecule has 0 fully saturated rings. The van der Waals surface area contributed by atoms with Gasteiger partial charge in [-0.05, 0) is 47.2 Å². The lowest BCUT2D eigenvalue weighted by Crippen LogP contribution is -2.34. The number of rotatable bonds is 0. The van der Waals surface area contributed by atoms with Crippen molar-refractivity contribution in [1.82, 2.24) is 4.90 Å². The third-order valence-corrected chi connectivity index (χ3v) is 5.32. The predicted molar refractivity (Wildman–Crippen MR) is 86.2 cm³/mol. The molecule has 0 saturated heterocycles. The van der Waals surface area contributed by atoms with Gasteiger partial charge in [-0.3, -0.25) is 0 Å². The summed E-state index contributed by atoms with van der Waals surface area (Å²) in [6, 6.07) is 13.7. The van der Waals surface area contributed by atoms with Gasteiger partial charge in [0.05, 0.1) is 0 Å². The predicted octanol–water partition coefficient (Wildman–Crippen LogP) is 3.75. The van der Waals surface area contributed by atoms with Crippen LogP contribution in [-0.4, -0.2) is 18.1 Å². The van der Waals surface area contributed by atoms with E-state index < -0.39 is 0 Å². The highest BCUT2D eigenvalue weighted by Gasteiger charge is 2.37. The van der Waals surface area contributed by atoms with Gasteiger partial charge in [-0.1, -0.05) is 30.3 Å². The molecule has 1 unspecified atom stereocenters. The van der Waals surface area contributed by atoms with Gasteiger partial charge in [0.25, 0.3) is 0 Å². The molecule has 2 nitrogen and oxygen atoms in total. The van der Waals surface area contributed by atoms with Crippen LogP contribution in [0.4, 0.5) is 5.69 Å². The zero-order valence-electron chi connectivity index (χ0n) is 12.4. The van der Waals surface area contributed by atoms with E-state index in [1.54, 1.807) is 0 Å². The lowest BCUT2D eigenvalue weighted by Gasteiger charge is -2.24. The number of benzene rings is 2. The summed E-state index contributed by atoms with van der Waals surface area (Å²) in [5, 5.41) is 0. The van der Waals surface area contributed by atoms with Gasteiger partial charge in [0.15, 0.2) is 0 Å². The SMILES string of the molecule is CC1=CN2c3cc4c(cc3CC2N1C)Cc1ccccc1-4. The minimum atomic E-state index is 0.484. The molecular formula is C19H18N2. The fourth-order valence-electron chi connectivity index (χ4n) is 4.09. The second-order valence-electron chi connectivity index (χ2n) is 6.45. The zero-order chi connectivity index (χ0) is 14.1. The van der Waals surface area contributed by atoms with E-state index in [1.165, 1.54) is 39.2 Å². The number of anilines is 1. The van der Waals surface area contributed by atoms with Gasteiger partial charge in [0.1, 0.15) is 6.17 Å². The summed E-state index contributed by atoms with van der Waals surface area (Å²) in [5.41, 5.74) is 10.1. The summed E-state index contributed by atoms with van der Waals surface area (Å²) in [7, 11) is 2.20. The Morgan fingerprint density at radius 2 is 1.86 bits per heavy atom. The number of likely N-dealkylation sites (N-methyl/N-ethyl adjacent to an activating group) is 1. The first kappa shape index (κ1) is 11.4. The third kappa shape index (κ3) is 1.37. The van der Waals surface area contributed by atoms with Crippen LogP contribution in [0.5, 0.6) is 0 Å². The molecule has 2 heteroatoms. The van der Waals surface area contributed by atoms with Crippen molar-refractivity contribution in [2.75, 3.05) is 11.9 Å². The molecule has 2 aromatic carbocycles. The van der Waals surface area contributed by atoms with E-state index in [-0.39, 0.29) is 0 Å². The van der Waals surface area contributed by atoms with Gasteiger partial charge < -0.3 is 9.80 Å². The first-order valence-corrected chi connectivity index (χ1v) is 7.66. The third-order valence-electron chi connectivity index (χ3n) is 5.32. The van der Waals surface area contributed by atoms with Gasteiger partial charge in [0, 0.05) is 31.1 Å². The van der Waals surface area contributed by atoms with Gasteiger partial charge >= 0.3 is 0 Å². The first-order chi connectivity index (χ1) is 10.2. The standard InChI is InChI=1S/C19H18N2/c1-12-11-21-18-10-17-14(7-13-5-3-4-6-16(13)17)8-15(18)9-19(21)20(12)2/h3-6,8,10-11,19H,7,9H2,1-2H3. The maximum Gasteiger partial charge on any atom is 0.109 e. The number of allylic oxidation sites excluding steroid dienone is 1. The Balaban J connectivity index is 1.69. The summed E-state index contributed by atoms with van der Waals surface area (Å²) in [5.74, 6) is 0. The largest absolute Gasteiger partial charge is 0.356 e. The van der Waals surface area contributed by atoms with Gasteiger partial charge in [0.2, 0.25) is 0 Å². The van der Waals surface area contributed by atoms with Crippen LogP contribution in [0.25, 0.3) is 11.1 Å². The highest BCUT2D eigenvalue weighted by atomic mass is 15.4. The lowest BCUT2D eigenvalue weighted by molar-refractivity contribution is 0.344. The molecule has 0 bridgehead atoms. The van der Waals surface area contributed by atoms with E-state index in [0.29, 0.717) is 6.17 Å². The van der Waals surface area contributed by atoms with E-state index in [0.717, 1.165) is 12.8 Å².